The summed E-state index contributed by atoms with van der Waals surface area (Å²) in [7, 11) is -7.81. The fraction of sp³-hybridized carbons (Fsp3) is 0.208. The molecule has 202 valence electrons. The van der Waals surface area contributed by atoms with Crippen LogP contribution >= 0.6 is 34.8 Å². The molecule has 1 fully saturated rings. The van der Waals surface area contributed by atoms with E-state index in [9.17, 15) is 21.6 Å². The molecule has 0 radical (unpaired) electrons. The maximum atomic E-state index is 12.9. The Morgan fingerprint density at radius 3 is 2.08 bits per heavy atom. The van der Waals surface area contributed by atoms with E-state index in [0.29, 0.717) is 13.2 Å². The highest BCUT2D eigenvalue weighted by molar-refractivity contribution is 7.92. The maximum absolute atomic E-state index is 12.9. The summed E-state index contributed by atoms with van der Waals surface area (Å²) < 4.78 is 66.1. The number of ether oxygens (including phenoxy) is 2. The van der Waals surface area contributed by atoms with Gasteiger partial charge in [0.1, 0.15) is 5.75 Å². The van der Waals surface area contributed by atoms with E-state index in [4.69, 9.17) is 44.3 Å². The second-order valence-electron chi connectivity index (χ2n) is 8.19. The average Bonchev–Trinajstić information content (AvgIpc) is 2.85. The van der Waals surface area contributed by atoms with Crippen LogP contribution in [0.5, 0.6) is 11.5 Å². The molecule has 9 nitrogen and oxygen atoms in total. The predicted molar refractivity (Wildman–Crippen MR) is 145 cm³/mol. The van der Waals surface area contributed by atoms with Gasteiger partial charge in [-0.25, -0.2) is 16.8 Å². The summed E-state index contributed by atoms with van der Waals surface area (Å²) in [6, 6.07) is 12.1. The molecule has 1 aliphatic rings. The van der Waals surface area contributed by atoms with E-state index in [1.54, 1.807) is 0 Å². The quantitative estimate of drug-likeness (QED) is 0.333. The number of benzene rings is 3. The van der Waals surface area contributed by atoms with Crippen molar-refractivity contribution in [2.24, 2.45) is 0 Å². The normalized spacial score (nSPS) is 14.7. The molecule has 1 N–H and O–H groups in total. The molecule has 0 aliphatic carbocycles. The minimum absolute atomic E-state index is 0.00402. The highest BCUT2D eigenvalue weighted by Gasteiger charge is 2.26. The first kappa shape index (κ1) is 28.6. The molecule has 3 aromatic carbocycles. The molecule has 1 aliphatic heterocycles. The lowest BCUT2D eigenvalue weighted by atomic mass is 10.1. The molecule has 38 heavy (non-hydrogen) atoms. The van der Waals surface area contributed by atoms with Gasteiger partial charge in [0.25, 0.3) is 10.0 Å². The number of nitrogens with one attached hydrogen (secondary N) is 1. The molecule has 4 rings (SSSR count). The van der Waals surface area contributed by atoms with Crippen LogP contribution in [-0.4, -0.2) is 53.2 Å². The van der Waals surface area contributed by atoms with E-state index < -0.39 is 25.8 Å². The van der Waals surface area contributed by atoms with Crippen LogP contribution in [0.4, 0.5) is 5.69 Å². The van der Waals surface area contributed by atoms with E-state index >= 15 is 0 Å². The molecule has 0 saturated carbocycles. The van der Waals surface area contributed by atoms with Crippen LogP contribution in [0.1, 0.15) is 17.3 Å². The maximum Gasteiger partial charge on any atom is 0.261 e. The molecule has 0 unspecified atom stereocenters. The van der Waals surface area contributed by atoms with Crippen LogP contribution in [0.25, 0.3) is 0 Å². The molecule has 0 spiro atoms. The van der Waals surface area contributed by atoms with E-state index in [1.165, 1.54) is 65.8 Å². The summed E-state index contributed by atoms with van der Waals surface area (Å²) in [6.45, 7) is 2.44. The number of halogens is 3. The van der Waals surface area contributed by atoms with Gasteiger partial charge in [0.15, 0.2) is 11.5 Å². The van der Waals surface area contributed by atoms with Gasteiger partial charge in [0, 0.05) is 23.1 Å². The van der Waals surface area contributed by atoms with Gasteiger partial charge in [-0.05, 0) is 61.5 Å². The molecule has 1 heterocycles. The molecular formula is C24H21Cl3N2O7S2. The van der Waals surface area contributed by atoms with Gasteiger partial charge in [-0.1, -0.05) is 34.8 Å². The number of sulfonamides is 2. The lowest BCUT2D eigenvalue weighted by Crippen LogP contribution is -2.40. The number of carbonyl (C=O) groups excluding carboxylic acids is 1. The van der Waals surface area contributed by atoms with Crippen molar-refractivity contribution >= 4 is 66.3 Å². The minimum atomic E-state index is -4.12. The zero-order chi connectivity index (χ0) is 27.7. The van der Waals surface area contributed by atoms with E-state index in [1.807, 2.05) is 0 Å². The first-order chi connectivity index (χ1) is 17.9. The van der Waals surface area contributed by atoms with E-state index in [2.05, 4.69) is 4.72 Å². The number of anilines is 1. The van der Waals surface area contributed by atoms with Crippen LogP contribution in [0.3, 0.4) is 0 Å². The number of rotatable bonds is 8. The van der Waals surface area contributed by atoms with Crippen LogP contribution in [0.15, 0.2) is 64.4 Å². The van der Waals surface area contributed by atoms with Crippen molar-refractivity contribution in [3.05, 3.63) is 75.2 Å². The van der Waals surface area contributed by atoms with Crippen molar-refractivity contribution < 1.29 is 31.1 Å². The third kappa shape index (κ3) is 6.42. The van der Waals surface area contributed by atoms with Crippen molar-refractivity contribution in [1.29, 1.82) is 0 Å². The lowest BCUT2D eigenvalue weighted by Gasteiger charge is -2.26. The highest BCUT2D eigenvalue weighted by atomic mass is 35.5. The Kier molecular flexibility index (Phi) is 8.58. The summed E-state index contributed by atoms with van der Waals surface area (Å²) in [5.74, 6) is -0.241. The Bertz CT molecular complexity index is 1570. The number of hydrogen-bond acceptors (Lipinski definition) is 7. The van der Waals surface area contributed by atoms with Crippen molar-refractivity contribution in [3.63, 3.8) is 0 Å². The van der Waals surface area contributed by atoms with Gasteiger partial charge in [-0.15, -0.1) is 0 Å². The number of ketones is 1. The standard InChI is InChI=1S/C24H21Cl3N2O7S2/c1-15(30)22-13-18(28-37(31,32)21-11-16(25)10-17(26)12-21)14-23(27)24(22)36-19-2-4-20(5-3-19)38(33,34)29-6-8-35-9-7-29/h2-5,10-14,28H,6-9H2,1H3. The van der Waals surface area contributed by atoms with Crippen molar-refractivity contribution in [3.8, 4) is 11.5 Å². The SMILES string of the molecule is CC(=O)c1cc(NS(=O)(=O)c2cc(Cl)cc(Cl)c2)cc(Cl)c1Oc1ccc(S(=O)(=O)N2CCOCC2)cc1. The second kappa shape index (κ2) is 11.4. The Labute approximate surface area is 235 Å². The van der Waals surface area contributed by atoms with Gasteiger partial charge in [-0.2, -0.15) is 4.31 Å². The number of carbonyl (C=O) groups is 1. The topological polar surface area (TPSA) is 119 Å². The van der Waals surface area contributed by atoms with Gasteiger partial charge in [0.2, 0.25) is 10.0 Å². The number of hydrogen-bond donors (Lipinski definition) is 1. The predicted octanol–water partition coefficient (Wildman–Crippen LogP) is 5.46. The van der Waals surface area contributed by atoms with Crippen LogP contribution in [-0.2, 0) is 24.8 Å². The first-order valence-electron chi connectivity index (χ1n) is 11.1. The van der Waals surface area contributed by atoms with Crippen molar-refractivity contribution in [1.82, 2.24) is 4.31 Å². The van der Waals surface area contributed by atoms with Crippen LogP contribution in [0, 0.1) is 0 Å². The van der Waals surface area contributed by atoms with Crippen molar-refractivity contribution in [2.45, 2.75) is 16.7 Å². The van der Waals surface area contributed by atoms with Gasteiger partial charge < -0.3 is 9.47 Å². The fourth-order valence-electron chi connectivity index (χ4n) is 3.65. The summed E-state index contributed by atoms with van der Waals surface area (Å²) >= 11 is 18.2. The van der Waals surface area contributed by atoms with Crippen LogP contribution < -0.4 is 9.46 Å². The molecule has 0 atom stereocenters. The van der Waals surface area contributed by atoms with Gasteiger partial charge >= 0.3 is 0 Å². The third-order valence-electron chi connectivity index (χ3n) is 5.47. The van der Waals surface area contributed by atoms with E-state index in [0.717, 1.165) is 0 Å². The Hall–Kier alpha value is -2.38. The highest BCUT2D eigenvalue weighted by Crippen LogP contribution is 2.37. The van der Waals surface area contributed by atoms with Crippen LogP contribution in [0.2, 0.25) is 15.1 Å². The van der Waals surface area contributed by atoms with Gasteiger partial charge in [0.05, 0.1) is 39.3 Å². The molecule has 1 saturated heterocycles. The Balaban J connectivity index is 1.60. The molecular weight excluding hydrogens is 599 g/mol. The Morgan fingerprint density at radius 2 is 1.50 bits per heavy atom. The van der Waals surface area contributed by atoms with E-state index in [-0.39, 0.29) is 60.7 Å². The Morgan fingerprint density at radius 1 is 0.895 bits per heavy atom. The zero-order valence-corrected chi connectivity index (χ0v) is 23.7. The summed E-state index contributed by atoms with van der Waals surface area (Å²) in [5, 5.41) is 0.213. The minimum Gasteiger partial charge on any atom is -0.455 e. The monoisotopic (exact) mass is 618 g/mol. The number of morpholine rings is 1. The smallest absolute Gasteiger partial charge is 0.261 e. The first-order valence-corrected chi connectivity index (χ1v) is 15.1. The zero-order valence-electron chi connectivity index (χ0n) is 19.8. The summed E-state index contributed by atoms with van der Waals surface area (Å²) in [6.07, 6.45) is 0. The molecule has 3 aromatic rings. The lowest BCUT2D eigenvalue weighted by molar-refractivity contribution is 0.0730. The summed E-state index contributed by atoms with van der Waals surface area (Å²) in [4.78, 5) is 12.3. The largest absolute Gasteiger partial charge is 0.455 e. The average molecular weight is 620 g/mol. The number of Topliss-reactive ketones (excluding diaryl/α,β-unsaturated/α-hetero) is 1. The van der Waals surface area contributed by atoms with Crippen molar-refractivity contribution in [2.75, 3.05) is 31.0 Å². The third-order valence-corrected chi connectivity index (χ3v) is 9.46. The second-order valence-corrected chi connectivity index (χ2v) is 13.1. The fourth-order valence-corrected chi connectivity index (χ4v) is 7.08. The summed E-state index contributed by atoms with van der Waals surface area (Å²) in [5.41, 5.74) is 0.0138. The molecule has 0 bridgehead atoms. The molecule has 14 heteroatoms. The van der Waals surface area contributed by atoms with Gasteiger partial charge in [-0.3, -0.25) is 9.52 Å². The number of nitrogens with zero attached hydrogens (tertiary/aromatic N) is 1. The molecule has 0 aromatic heterocycles. The molecule has 0 amide bonds.